The summed E-state index contributed by atoms with van der Waals surface area (Å²) in [6, 6.07) is 5.95. The van der Waals surface area contributed by atoms with Crippen molar-refractivity contribution < 1.29 is 4.79 Å². The van der Waals surface area contributed by atoms with Gasteiger partial charge >= 0.3 is 0 Å². The SMILES string of the molecule is Cc1ccc(C)c(NC(=O)[C@@H](C)Sc2n[nH]c(N)n2)c1. The number of rotatable bonds is 4. The normalized spacial score (nSPS) is 12.2. The molecule has 1 heterocycles. The van der Waals surface area contributed by atoms with Crippen molar-refractivity contribution in [3.63, 3.8) is 0 Å². The average Bonchev–Trinajstić information content (AvgIpc) is 2.79. The second-order valence-electron chi connectivity index (χ2n) is 4.57. The van der Waals surface area contributed by atoms with Gasteiger partial charge in [-0.1, -0.05) is 23.9 Å². The van der Waals surface area contributed by atoms with Gasteiger partial charge in [0.2, 0.25) is 17.0 Å². The van der Waals surface area contributed by atoms with E-state index in [0.29, 0.717) is 5.16 Å². The van der Waals surface area contributed by atoms with Crippen LogP contribution < -0.4 is 11.1 Å². The highest BCUT2D eigenvalue weighted by atomic mass is 32.2. The van der Waals surface area contributed by atoms with Crippen LogP contribution in [-0.4, -0.2) is 26.3 Å². The van der Waals surface area contributed by atoms with Crippen LogP contribution in [0.4, 0.5) is 11.6 Å². The van der Waals surface area contributed by atoms with Crippen molar-refractivity contribution in [2.24, 2.45) is 0 Å². The summed E-state index contributed by atoms with van der Waals surface area (Å²) in [4.78, 5) is 16.1. The lowest BCUT2D eigenvalue weighted by atomic mass is 10.1. The summed E-state index contributed by atoms with van der Waals surface area (Å²) in [5.74, 6) is 0.154. The van der Waals surface area contributed by atoms with Gasteiger partial charge in [-0.25, -0.2) is 5.10 Å². The summed E-state index contributed by atoms with van der Waals surface area (Å²) in [6.07, 6.45) is 0. The second kappa shape index (κ2) is 5.96. The smallest absolute Gasteiger partial charge is 0.237 e. The number of hydrogen-bond donors (Lipinski definition) is 3. The number of nitrogens with one attached hydrogen (secondary N) is 2. The minimum absolute atomic E-state index is 0.0907. The number of anilines is 2. The van der Waals surface area contributed by atoms with E-state index < -0.39 is 0 Å². The van der Waals surface area contributed by atoms with Gasteiger partial charge in [-0.3, -0.25) is 4.79 Å². The molecule has 0 bridgehead atoms. The first-order valence-electron chi connectivity index (χ1n) is 6.18. The molecule has 1 aromatic heterocycles. The standard InChI is InChI=1S/C13H17N5OS/c1-7-4-5-8(2)10(6-7)15-11(19)9(3)20-13-16-12(14)17-18-13/h4-6,9H,1-3H3,(H,15,19)(H3,14,16,17,18)/t9-/m1/s1. The van der Waals surface area contributed by atoms with E-state index in [4.69, 9.17) is 5.73 Å². The van der Waals surface area contributed by atoms with Crippen LogP contribution in [0.3, 0.4) is 0 Å². The molecule has 0 saturated heterocycles. The summed E-state index contributed by atoms with van der Waals surface area (Å²) in [6.45, 7) is 5.75. The van der Waals surface area contributed by atoms with Crippen LogP contribution in [0.15, 0.2) is 23.4 Å². The molecule has 0 saturated carbocycles. The molecule has 0 fully saturated rings. The van der Waals surface area contributed by atoms with Gasteiger partial charge in [0.15, 0.2) is 0 Å². The molecule has 0 spiro atoms. The Hall–Kier alpha value is -2.02. The van der Waals surface area contributed by atoms with Gasteiger partial charge in [-0.05, 0) is 38.0 Å². The first-order chi connectivity index (χ1) is 9.45. The predicted octanol–water partition coefficient (Wildman–Crippen LogP) is 2.12. The lowest BCUT2D eigenvalue weighted by Gasteiger charge is -2.12. The first kappa shape index (κ1) is 14.4. The molecule has 0 aliphatic carbocycles. The number of amides is 1. The zero-order chi connectivity index (χ0) is 14.7. The number of H-pyrrole nitrogens is 1. The lowest BCUT2D eigenvalue weighted by molar-refractivity contribution is -0.115. The Kier molecular flexibility index (Phi) is 4.29. The molecule has 7 heteroatoms. The summed E-state index contributed by atoms with van der Waals surface area (Å²) in [5.41, 5.74) is 8.41. The highest BCUT2D eigenvalue weighted by Gasteiger charge is 2.17. The van der Waals surface area contributed by atoms with Gasteiger partial charge in [0, 0.05) is 5.69 Å². The molecule has 4 N–H and O–H groups in total. The maximum Gasteiger partial charge on any atom is 0.237 e. The Morgan fingerprint density at radius 1 is 1.45 bits per heavy atom. The minimum atomic E-state index is -0.315. The summed E-state index contributed by atoms with van der Waals surface area (Å²) in [5, 5.41) is 9.51. The van der Waals surface area contributed by atoms with Crippen LogP contribution in [0.5, 0.6) is 0 Å². The Morgan fingerprint density at radius 3 is 2.85 bits per heavy atom. The first-order valence-corrected chi connectivity index (χ1v) is 7.06. The van der Waals surface area contributed by atoms with E-state index in [1.54, 1.807) is 6.92 Å². The maximum atomic E-state index is 12.2. The third-order valence-electron chi connectivity index (χ3n) is 2.78. The molecule has 6 nitrogen and oxygen atoms in total. The van der Waals surface area contributed by atoms with Gasteiger partial charge in [0.05, 0.1) is 5.25 Å². The number of nitrogen functional groups attached to an aromatic ring is 1. The number of nitrogens with two attached hydrogens (primary N) is 1. The predicted molar refractivity (Wildman–Crippen MR) is 80.7 cm³/mol. The molecule has 2 aromatic rings. The van der Waals surface area contributed by atoms with Crippen molar-refractivity contribution in [1.29, 1.82) is 0 Å². The Bertz CT molecular complexity index is 625. The van der Waals surface area contributed by atoms with E-state index in [1.165, 1.54) is 11.8 Å². The topological polar surface area (TPSA) is 96.7 Å². The van der Waals surface area contributed by atoms with Gasteiger partial charge in [0.1, 0.15) is 0 Å². The third-order valence-corrected chi connectivity index (χ3v) is 3.75. The Morgan fingerprint density at radius 2 is 2.20 bits per heavy atom. The van der Waals surface area contributed by atoms with E-state index in [1.807, 2.05) is 32.0 Å². The number of nitrogens with zero attached hydrogens (tertiary/aromatic N) is 2. The number of aryl methyl sites for hydroxylation is 2. The fourth-order valence-corrected chi connectivity index (χ4v) is 2.36. The van der Waals surface area contributed by atoms with Crippen molar-refractivity contribution in [2.45, 2.75) is 31.2 Å². The molecule has 1 amide bonds. The second-order valence-corrected chi connectivity index (χ2v) is 5.88. The van der Waals surface area contributed by atoms with Crippen molar-refractivity contribution in [2.75, 3.05) is 11.1 Å². The van der Waals surface area contributed by atoms with Crippen molar-refractivity contribution in [3.05, 3.63) is 29.3 Å². The Labute approximate surface area is 121 Å². The number of hydrogen-bond acceptors (Lipinski definition) is 5. The maximum absolute atomic E-state index is 12.2. The molecule has 20 heavy (non-hydrogen) atoms. The van der Waals surface area contributed by atoms with Crippen molar-refractivity contribution >= 4 is 29.3 Å². The highest BCUT2D eigenvalue weighted by Crippen LogP contribution is 2.22. The van der Waals surface area contributed by atoms with Crippen LogP contribution in [0.2, 0.25) is 0 Å². The van der Waals surface area contributed by atoms with Gasteiger partial charge in [-0.2, -0.15) is 4.98 Å². The van der Waals surface area contributed by atoms with E-state index >= 15 is 0 Å². The number of aromatic amines is 1. The zero-order valence-electron chi connectivity index (χ0n) is 11.6. The highest BCUT2D eigenvalue weighted by molar-refractivity contribution is 8.00. The summed E-state index contributed by atoms with van der Waals surface area (Å²) >= 11 is 1.26. The molecule has 2 rings (SSSR count). The molecule has 0 unspecified atom stereocenters. The van der Waals surface area contributed by atoms with Gasteiger partial charge < -0.3 is 11.1 Å². The number of aromatic nitrogens is 3. The quantitative estimate of drug-likeness (QED) is 0.750. The monoisotopic (exact) mass is 291 g/mol. The summed E-state index contributed by atoms with van der Waals surface area (Å²) < 4.78 is 0. The van der Waals surface area contributed by atoms with E-state index in [2.05, 4.69) is 20.5 Å². The summed E-state index contributed by atoms with van der Waals surface area (Å²) in [7, 11) is 0. The molecule has 0 radical (unpaired) electrons. The van der Waals surface area contributed by atoms with Crippen molar-refractivity contribution in [3.8, 4) is 0 Å². The van der Waals surface area contributed by atoms with E-state index in [0.717, 1.165) is 16.8 Å². The largest absolute Gasteiger partial charge is 0.368 e. The van der Waals surface area contributed by atoms with E-state index in [-0.39, 0.29) is 17.1 Å². The van der Waals surface area contributed by atoms with E-state index in [9.17, 15) is 4.79 Å². The third kappa shape index (κ3) is 3.51. The average molecular weight is 291 g/mol. The molecular weight excluding hydrogens is 274 g/mol. The fourth-order valence-electron chi connectivity index (χ4n) is 1.63. The Balaban J connectivity index is 2.02. The number of benzene rings is 1. The zero-order valence-corrected chi connectivity index (χ0v) is 12.4. The minimum Gasteiger partial charge on any atom is -0.368 e. The van der Waals surface area contributed by atoms with Crippen molar-refractivity contribution in [1.82, 2.24) is 15.2 Å². The molecular formula is C13H17N5OS. The van der Waals surface area contributed by atoms with Crippen LogP contribution in [0, 0.1) is 13.8 Å². The molecule has 106 valence electrons. The molecule has 1 aromatic carbocycles. The number of carbonyl (C=O) groups excluding carboxylic acids is 1. The van der Waals surface area contributed by atoms with Gasteiger partial charge in [-0.15, -0.1) is 5.10 Å². The molecule has 1 atom stereocenters. The van der Waals surface area contributed by atoms with Crippen LogP contribution >= 0.6 is 11.8 Å². The van der Waals surface area contributed by atoms with Crippen LogP contribution in [-0.2, 0) is 4.79 Å². The molecule has 0 aliphatic rings. The van der Waals surface area contributed by atoms with Crippen LogP contribution in [0.25, 0.3) is 0 Å². The van der Waals surface area contributed by atoms with Crippen LogP contribution in [0.1, 0.15) is 18.1 Å². The van der Waals surface area contributed by atoms with Gasteiger partial charge in [0.25, 0.3) is 0 Å². The number of carbonyl (C=O) groups is 1. The lowest BCUT2D eigenvalue weighted by Crippen LogP contribution is -2.23. The molecule has 0 aliphatic heterocycles. The number of thioether (sulfide) groups is 1. The fraction of sp³-hybridized carbons (Fsp3) is 0.308.